The molecule has 0 saturated heterocycles. The minimum absolute atomic E-state index is 0.0608. The Morgan fingerprint density at radius 2 is 2.10 bits per heavy atom. The summed E-state index contributed by atoms with van der Waals surface area (Å²) in [6, 6.07) is 7.62. The zero-order valence-electron chi connectivity index (χ0n) is 11.7. The molecule has 0 bridgehead atoms. The van der Waals surface area contributed by atoms with Gasteiger partial charge in [0.25, 0.3) is 0 Å². The largest absolute Gasteiger partial charge is 0.399 e. The Kier molecular flexibility index (Phi) is 4.76. The standard InChI is InChI=1S/C15H20N4O/c1-12-10-18-19(11-12)9-8-17-15(20)7-4-13-2-5-14(16)6-3-13/h2-3,5-6,10-11H,4,7-9,16H2,1H3,(H,17,20). The predicted octanol–water partition coefficient (Wildman–Crippen LogP) is 1.52. The topological polar surface area (TPSA) is 72.9 Å². The average Bonchev–Trinajstić information content (AvgIpc) is 2.84. The molecule has 1 amide bonds. The fourth-order valence-corrected chi connectivity index (χ4v) is 1.93. The van der Waals surface area contributed by atoms with Gasteiger partial charge >= 0.3 is 0 Å². The van der Waals surface area contributed by atoms with Crippen molar-refractivity contribution in [1.82, 2.24) is 15.1 Å². The van der Waals surface area contributed by atoms with Crippen LogP contribution in [-0.2, 0) is 17.8 Å². The molecule has 1 heterocycles. The van der Waals surface area contributed by atoms with Crippen LogP contribution < -0.4 is 11.1 Å². The van der Waals surface area contributed by atoms with Gasteiger partial charge in [-0.3, -0.25) is 9.48 Å². The molecule has 2 aromatic rings. The Morgan fingerprint density at radius 3 is 2.75 bits per heavy atom. The Bertz CT molecular complexity index is 560. The van der Waals surface area contributed by atoms with E-state index in [4.69, 9.17) is 5.73 Å². The zero-order valence-corrected chi connectivity index (χ0v) is 11.7. The van der Waals surface area contributed by atoms with Gasteiger partial charge in [0.15, 0.2) is 0 Å². The number of nitrogen functional groups attached to an aromatic ring is 1. The van der Waals surface area contributed by atoms with Crippen molar-refractivity contribution in [3.8, 4) is 0 Å². The van der Waals surface area contributed by atoms with Crippen molar-refractivity contribution in [3.05, 3.63) is 47.8 Å². The summed E-state index contributed by atoms with van der Waals surface area (Å²) in [7, 11) is 0. The van der Waals surface area contributed by atoms with Crippen LogP contribution in [0.4, 0.5) is 5.69 Å². The van der Waals surface area contributed by atoms with Crippen LogP contribution in [0, 0.1) is 6.92 Å². The lowest BCUT2D eigenvalue weighted by atomic mass is 10.1. The number of aryl methyl sites for hydroxylation is 2. The van der Waals surface area contributed by atoms with Crippen LogP contribution in [0.5, 0.6) is 0 Å². The molecule has 1 aromatic carbocycles. The molecule has 0 aliphatic rings. The first-order valence-electron chi connectivity index (χ1n) is 6.73. The van der Waals surface area contributed by atoms with Crippen LogP contribution >= 0.6 is 0 Å². The molecule has 0 atom stereocenters. The van der Waals surface area contributed by atoms with E-state index in [0.29, 0.717) is 19.5 Å². The van der Waals surface area contributed by atoms with E-state index in [1.165, 1.54) is 0 Å². The van der Waals surface area contributed by atoms with Gasteiger partial charge in [-0.15, -0.1) is 0 Å². The number of nitrogens with one attached hydrogen (secondary N) is 1. The van der Waals surface area contributed by atoms with Crippen molar-refractivity contribution in [1.29, 1.82) is 0 Å². The van der Waals surface area contributed by atoms with Crippen molar-refractivity contribution >= 4 is 11.6 Å². The van der Waals surface area contributed by atoms with Gasteiger partial charge in [0, 0.05) is 24.8 Å². The van der Waals surface area contributed by atoms with Gasteiger partial charge in [-0.2, -0.15) is 5.10 Å². The molecule has 20 heavy (non-hydrogen) atoms. The van der Waals surface area contributed by atoms with Gasteiger partial charge in [0.05, 0.1) is 12.7 Å². The molecule has 5 nitrogen and oxygen atoms in total. The van der Waals surface area contributed by atoms with E-state index in [2.05, 4.69) is 10.4 Å². The molecule has 3 N–H and O–H groups in total. The highest BCUT2D eigenvalue weighted by Gasteiger charge is 2.02. The van der Waals surface area contributed by atoms with Crippen LogP contribution in [0.1, 0.15) is 17.5 Å². The van der Waals surface area contributed by atoms with E-state index >= 15 is 0 Å². The second kappa shape index (κ2) is 6.75. The third-order valence-corrected chi connectivity index (χ3v) is 3.05. The van der Waals surface area contributed by atoms with Crippen LogP contribution in [-0.4, -0.2) is 22.2 Å². The summed E-state index contributed by atoms with van der Waals surface area (Å²) >= 11 is 0. The van der Waals surface area contributed by atoms with E-state index < -0.39 is 0 Å². The molecule has 0 spiro atoms. The van der Waals surface area contributed by atoms with Crippen molar-refractivity contribution in [2.45, 2.75) is 26.3 Å². The normalized spacial score (nSPS) is 10.4. The van der Waals surface area contributed by atoms with Gasteiger partial charge in [-0.1, -0.05) is 12.1 Å². The number of amides is 1. The highest BCUT2D eigenvalue weighted by atomic mass is 16.1. The molecule has 1 aromatic heterocycles. The summed E-state index contributed by atoms with van der Waals surface area (Å²) in [5.41, 5.74) is 8.61. The first-order chi connectivity index (χ1) is 9.63. The number of anilines is 1. The molecule has 0 aliphatic carbocycles. The summed E-state index contributed by atoms with van der Waals surface area (Å²) in [6.07, 6.45) is 4.98. The lowest BCUT2D eigenvalue weighted by Gasteiger charge is -2.06. The number of hydrogen-bond donors (Lipinski definition) is 2. The van der Waals surface area contributed by atoms with Crippen LogP contribution in [0.2, 0.25) is 0 Å². The summed E-state index contributed by atoms with van der Waals surface area (Å²) < 4.78 is 1.83. The number of nitrogens with zero attached hydrogens (tertiary/aromatic N) is 2. The second-order valence-corrected chi connectivity index (χ2v) is 4.87. The van der Waals surface area contributed by atoms with Crippen LogP contribution in [0.25, 0.3) is 0 Å². The maximum absolute atomic E-state index is 11.7. The number of nitrogens with two attached hydrogens (primary N) is 1. The first kappa shape index (κ1) is 14.1. The number of carbonyl (C=O) groups is 1. The quantitative estimate of drug-likeness (QED) is 0.783. The summed E-state index contributed by atoms with van der Waals surface area (Å²) in [5, 5.41) is 7.07. The summed E-state index contributed by atoms with van der Waals surface area (Å²) in [4.78, 5) is 11.7. The highest BCUT2D eigenvalue weighted by molar-refractivity contribution is 5.76. The number of rotatable bonds is 6. The Morgan fingerprint density at radius 1 is 1.35 bits per heavy atom. The SMILES string of the molecule is Cc1cnn(CCNC(=O)CCc2ccc(N)cc2)c1. The number of aromatic nitrogens is 2. The van der Waals surface area contributed by atoms with E-state index in [-0.39, 0.29) is 5.91 Å². The third kappa shape index (κ3) is 4.42. The molecule has 0 radical (unpaired) electrons. The van der Waals surface area contributed by atoms with Crippen LogP contribution in [0.15, 0.2) is 36.7 Å². The molecule has 0 unspecified atom stereocenters. The molecular weight excluding hydrogens is 252 g/mol. The van der Waals surface area contributed by atoms with Gasteiger partial charge in [0.1, 0.15) is 0 Å². The van der Waals surface area contributed by atoms with Crippen molar-refractivity contribution in [3.63, 3.8) is 0 Å². The molecule has 2 rings (SSSR count). The Hall–Kier alpha value is -2.30. The van der Waals surface area contributed by atoms with Gasteiger partial charge < -0.3 is 11.1 Å². The number of benzene rings is 1. The fraction of sp³-hybridized carbons (Fsp3) is 0.333. The molecule has 5 heteroatoms. The predicted molar refractivity (Wildman–Crippen MR) is 79.1 cm³/mol. The molecular formula is C15H20N4O. The summed E-state index contributed by atoms with van der Waals surface area (Å²) in [6.45, 7) is 3.29. The number of carbonyl (C=O) groups excluding carboxylic acids is 1. The fourth-order valence-electron chi connectivity index (χ4n) is 1.93. The zero-order chi connectivity index (χ0) is 14.4. The van der Waals surface area contributed by atoms with Gasteiger partial charge in [0.2, 0.25) is 5.91 Å². The maximum Gasteiger partial charge on any atom is 0.220 e. The smallest absolute Gasteiger partial charge is 0.220 e. The van der Waals surface area contributed by atoms with Gasteiger partial charge in [-0.25, -0.2) is 0 Å². The molecule has 0 saturated carbocycles. The van der Waals surface area contributed by atoms with Gasteiger partial charge in [-0.05, 0) is 36.6 Å². The lowest BCUT2D eigenvalue weighted by Crippen LogP contribution is -2.27. The lowest BCUT2D eigenvalue weighted by molar-refractivity contribution is -0.121. The highest BCUT2D eigenvalue weighted by Crippen LogP contribution is 2.07. The van der Waals surface area contributed by atoms with Crippen molar-refractivity contribution < 1.29 is 4.79 Å². The van der Waals surface area contributed by atoms with E-state index in [0.717, 1.165) is 23.2 Å². The second-order valence-electron chi connectivity index (χ2n) is 4.87. The Balaban J connectivity index is 1.66. The first-order valence-corrected chi connectivity index (χ1v) is 6.73. The van der Waals surface area contributed by atoms with Crippen molar-refractivity contribution in [2.24, 2.45) is 0 Å². The third-order valence-electron chi connectivity index (χ3n) is 3.05. The van der Waals surface area contributed by atoms with E-state index in [1.54, 1.807) is 0 Å². The summed E-state index contributed by atoms with van der Waals surface area (Å²) in [5.74, 6) is 0.0608. The Labute approximate surface area is 118 Å². The monoisotopic (exact) mass is 272 g/mol. The van der Waals surface area contributed by atoms with E-state index in [9.17, 15) is 4.79 Å². The minimum Gasteiger partial charge on any atom is -0.399 e. The van der Waals surface area contributed by atoms with Crippen LogP contribution in [0.3, 0.4) is 0 Å². The maximum atomic E-state index is 11.7. The van der Waals surface area contributed by atoms with Crippen molar-refractivity contribution in [2.75, 3.05) is 12.3 Å². The number of hydrogen-bond acceptors (Lipinski definition) is 3. The average molecular weight is 272 g/mol. The van der Waals surface area contributed by atoms with E-state index in [1.807, 2.05) is 48.3 Å². The molecule has 106 valence electrons. The molecule has 0 aliphatic heterocycles. The molecule has 0 fully saturated rings. The minimum atomic E-state index is 0.0608.